The van der Waals surface area contributed by atoms with Crippen molar-refractivity contribution in [2.75, 3.05) is 4.72 Å². The first kappa shape index (κ1) is 13.8. The van der Waals surface area contributed by atoms with Crippen LogP contribution in [0.2, 0.25) is 5.02 Å². The lowest BCUT2D eigenvalue weighted by Gasteiger charge is -2.21. The van der Waals surface area contributed by atoms with E-state index in [4.69, 9.17) is 11.6 Å². The third kappa shape index (κ3) is 3.12. The number of anilines is 1. The summed E-state index contributed by atoms with van der Waals surface area (Å²) in [6, 6.07) is 4.94. The third-order valence-corrected chi connectivity index (χ3v) is 5.01. The van der Waals surface area contributed by atoms with Crippen molar-refractivity contribution in [1.29, 1.82) is 0 Å². The van der Waals surface area contributed by atoms with E-state index in [0.717, 1.165) is 0 Å². The Balaban J connectivity index is 3.11. The maximum Gasteiger partial charge on any atom is 0.237 e. The minimum atomic E-state index is -3.43. The smallest absolute Gasteiger partial charge is 0.237 e. The van der Waals surface area contributed by atoms with E-state index >= 15 is 0 Å². The molecule has 0 amide bonds. The second kappa shape index (κ2) is 4.55. The van der Waals surface area contributed by atoms with Crippen LogP contribution in [0.4, 0.5) is 5.69 Å². The molecule has 1 aromatic carbocycles. The van der Waals surface area contributed by atoms with Gasteiger partial charge in [0.25, 0.3) is 0 Å². The van der Waals surface area contributed by atoms with Gasteiger partial charge in [-0.15, -0.1) is 0 Å². The Morgan fingerprint density at radius 1 is 1.31 bits per heavy atom. The van der Waals surface area contributed by atoms with Gasteiger partial charge in [0, 0.05) is 9.50 Å². The summed E-state index contributed by atoms with van der Waals surface area (Å²) in [7, 11) is -3.43. The molecular formula is C10H13BrClNO2S. The van der Waals surface area contributed by atoms with Crippen LogP contribution in [-0.2, 0) is 10.0 Å². The van der Waals surface area contributed by atoms with Gasteiger partial charge in [-0.05, 0) is 54.9 Å². The summed E-state index contributed by atoms with van der Waals surface area (Å²) in [5.41, 5.74) is 0.447. The predicted molar refractivity (Wildman–Crippen MR) is 71.4 cm³/mol. The van der Waals surface area contributed by atoms with E-state index in [1.807, 2.05) is 0 Å². The Morgan fingerprint density at radius 2 is 1.88 bits per heavy atom. The van der Waals surface area contributed by atoms with Gasteiger partial charge in [-0.2, -0.15) is 0 Å². The molecule has 0 heterocycles. The quantitative estimate of drug-likeness (QED) is 0.902. The second-order valence-corrected chi connectivity index (χ2v) is 8.07. The lowest BCUT2D eigenvalue weighted by molar-refractivity contribution is 0.566. The van der Waals surface area contributed by atoms with Gasteiger partial charge in [0.2, 0.25) is 10.0 Å². The lowest BCUT2D eigenvalue weighted by Crippen LogP contribution is -2.33. The fraction of sp³-hybridized carbons (Fsp3) is 0.400. The second-order valence-electron chi connectivity index (χ2n) is 4.34. The molecule has 6 heteroatoms. The Hall–Kier alpha value is -0.260. The van der Waals surface area contributed by atoms with Gasteiger partial charge in [0.15, 0.2) is 0 Å². The zero-order valence-electron chi connectivity index (χ0n) is 9.21. The van der Waals surface area contributed by atoms with E-state index in [2.05, 4.69) is 20.7 Å². The van der Waals surface area contributed by atoms with Crippen molar-refractivity contribution in [3.05, 3.63) is 27.7 Å². The topological polar surface area (TPSA) is 46.2 Å². The molecule has 90 valence electrons. The number of hydrogen-bond donors (Lipinski definition) is 1. The summed E-state index contributed by atoms with van der Waals surface area (Å²) in [6.45, 7) is 4.90. The van der Waals surface area contributed by atoms with E-state index in [1.165, 1.54) is 0 Å². The maximum absolute atomic E-state index is 11.9. The van der Waals surface area contributed by atoms with Crippen molar-refractivity contribution < 1.29 is 8.42 Å². The van der Waals surface area contributed by atoms with Crippen LogP contribution < -0.4 is 4.72 Å². The first-order valence-corrected chi connectivity index (χ1v) is 7.26. The van der Waals surface area contributed by atoms with Crippen molar-refractivity contribution >= 4 is 43.2 Å². The van der Waals surface area contributed by atoms with Crippen LogP contribution in [0.1, 0.15) is 20.8 Å². The monoisotopic (exact) mass is 325 g/mol. The van der Waals surface area contributed by atoms with E-state index in [-0.39, 0.29) is 0 Å². The highest BCUT2D eigenvalue weighted by Gasteiger charge is 2.29. The number of nitrogens with one attached hydrogen (secondary N) is 1. The maximum atomic E-state index is 11.9. The van der Waals surface area contributed by atoms with Crippen molar-refractivity contribution in [3.8, 4) is 0 Å². The molecular weight excluding hydrogens is 314 g/mol. The van der Waals surface area contributed by atoms with E-state index in [9.17, 15) is 8.42 Å². The minimum absolute atomic E-state index is 0.447. The largest absolute Gasteiger partial charge is 0.282 e. The fourth-order valence-electron chi connectivity index (χ4n) is 0.874. The van der Waals surface area contributed by atoms with Crippen LogP contribution in [0.3, 0.4) is 0 Å². The van der Waals surface area contributed by atoms with Crippen LogP contribution in [0.5, 0.6) is 0 Å². The van der Waals surface area contributed by atoms with Crippen LogP contribution in [-0.4, -0.2) is 13.2 Å². The van der Waals surface area contributed by atoms with E-state index in [1.54, 1.807) is 39.0 Å². The van der Waals surface area contributed by atoms with Crippen LogP contribution in [0.25, 0.3) is 0 Å². The molecule has 0 aliphatic rings. The first-order valence-electron chi connectivity index (χ1n) is 4.61. The molecule has 0 atom stereocenters. The summed E-state index contributed by atoms with van der Waals surface area (Å²) < 4.78 is 26.1. The van der Waals surface area contributed by atoms with Crippen LogP contribution >= 0.6 is 27.5 Å². The highest BCUT2D eigenvalue weighted by Crippen LogP contribution is 2.28. The molecule has 1 aromatic rings. The Bertz CT molecular complexity index is 494. The molecule has 0 aliphatic carbocycles. The molecule has 0 radical (unpaired) electrons. The molecule has 1 N–H and O–H groups in total. The predicted octanol–water partition coefficient (Wildman–Crippen LogP) is 3.64. The van der Waals surface area contributed by atoms with Gasteiger partial charge in [0.05, 0.1) is 10.4 Å². The molecule has 0 bridgehead atoms. The van der Waals surface area contributed by atoms with Crippen molar-refractivity contribution in [1.82, 2.24) is 0 Å². The van der Waals surface area contributed by atoms with Crippen molar-refractivity contribution in [3.63, 3.8) is 0 Å². The van der Waals surface area contributed by atoms with Gasteiger partial charge < -0.3 is 0 Å². The SMILES string of the molecule is CC(C)(C)S(=O)(=O)Nc1cc(Cl)ccc1Br. The number of sulfonamides is 1. The molecule has 0 saturated heterocycles. The Morgan fingerprint density at radius 3 is 2.38 bits per heavy atom. The van der Waals surface area contributed by atoms with Crippen molar-refractivity contribution in [2.45, 2.75) is 25.5 Å². The number of rotatable bonds is 2. The van der Waals surface area contributed by atoms with Crippen LogP contribution in [0.15, 0.2) is 22.7 Å². The average molecular weight is 327 g/mol. The summed E-state index contributed by atoms with van der Waals surface area (Å²) >= 11 is 9.07. The fourth-order valence-corrected chi connectivity index (χ4v) is 2.29. The molecule has 0 aliphatic heterocycles. The molecule has 0 aromatic heterocycles. The number of halogens is 2. The van der Waals surface area contributed by atoms with Gasteiger partial charge in [-0.25, -0.2) is 8.42 Å². The lowest BCUT2D eigenvalue weighted by atomic mass is 10.3. The highest BCUT2D eigenvalue weighted by molar-refractivity contribution is 9.10. The third-order valence-electron chi connectivity index (χ3n) is 1.98. The molecule has 1 rings (SSSR count). The standard InChI is InChI=1S/C10H13BrClNO2S/c1-10(2,3)16(14,15)13-9-6-7(12)4-5-8(9)11/h4-6,13H,1-3H3. The summed E-state index contributed by atoms with van der Waals surface area (Å²) in [5.74, 6) is 0. The number of hydrogen-bond acceptors (Lipinski definition) is 2. The molecule has 0 saturated carbocycles. The first-order chi connectivity index (χ1) is 7.13. The zero-order chi connectivity index (χ0) is 12.6. The summed E-state index contributed by atoms with van der Waals surface area (Å²) in [4.78, 5) is 0. The van der Waals surface area contributed by atoms with Gasteiger partial charge in [0.1, 0.15) is 0 Å². The summed E-state index contributed by atoms with van der Waals surface area (Å²) in [5, 5.41) is 0.481. The highest BCUT2D eigenvalue weighted by atomic mass is 79.9. The normalized spacial score (nSPS) is 12.6. The van der Waals surface area contributed by atoms with E-state index < -0.39 is 14.8 Å². The minimum Gasteiger partial charge on any atom is -0.282 e. The molecule has 0 spiro atoms. The summed E-state index contributed by atoms with van der Waals surface area (Å²) in [6.07, 6.45) is 0. The van der Waals surface area contributed by atoms with Crippen LogP contribution in [0, 0.1) is 0 Å². The van der Waals surface area contributed by atoms with E-state index in [0.29, 0.717) is 15.2 Å². The van der Waals surface area contributed by atoms with Crippen molar-refractivity contribution in [2.24, 2.45) is 0 Å². The van der Waals surface area contributed by atoms with Gasteiger partial charge in [-0.3, -0.25) is 4.72 Å². The Labute approximate surface area is 109 Å². The molecule has 16 heavy (non-hydrogen) atoms. The Kier molecular flexibility index (Phi) is 3.92. The average Bonchev–Trinajstić information content (AvgIpc) is 2.09. The van der Waals surface area contributed by atoms with Gasteiger partial charge in [-0.1, -0.05) is 11.6 Å². The zero-order valence-corrected chi connectivity index (χ0v) is 12.4. The van der Waals surface area contributed by atoms with Gasteiger partial charge >= 0.3 is 0 Å². The molecule has 0 fully saturated rings. The molecule has 0 unspecified atom stereocenters. The molecule has 3 nitrogen and oxygen atoms in total. The number of benzene rings is 1.